The van der Waals surface area contributed by atoms with Crippen LogP contribution in [-0.2, 0) is 5.41 Å². The minimum Gasteiger partial charge on any atom is -0.289 e. The molecule has 0 saturated heterocycles. The van der Waals surface area contributed by atoms with Gasteiger partial charge in [-0.05, 0) is 39.4 Å². The van der Waals surface area contributed by atoms with Gasteiger partial charge in [-0.25, -0.2) is 15.0 Å². The number of ketones is 1. The summed E-state index contributed by atoms with van der Waals surface area (Å²) in [6.45, 7) is 4.41. The lowest BCUT2D eigenvalue weighted by molar-refractivity contribution is 0.103. The molecule has 7 aromatic rings. The van der Waals surface area contributed by atoms with E-state index in [2.05, 4.69) is 74.5 Å². The highest BCUT2D eigenvalue weighted by atomic mass is 16.1. The quantitative estimate of drug-likeness (QED) is 0.196. The third-order valence-corrected chi connectivity index (χ3v) is 9.18. The van der Waals surface area contributed by atoms with Crippen LogP contribution >= 0.6 is 0 Å². The first-order valence-electron chi connectivity index (χ1n) is 15.8. The first-order valence-corrected chi connectivity index (χ1v) is 15.8. The van der Waals surface area contributed by atoms with Crippen molar-refractivity contribution in [2.45, 2.75) is 19.3 Å². The Labute approximate surface area is 274 Å². The van der Waals surface area contributed by atoms with Crippen molar-refractivity contribution in [1.29, 1.82) is 0 Å². The molecule has 1 aromatic heterocycles. The number of hydrogen-bond acceptors (Lipinski definition) is 4. The summed E-state index contributed by atoms with van der Waals surface area (Å²) >= 11 is 0. The maximum absolute atomic E-state index is 13.6. The molecule has 1 aliphatic rings. The molecule has 4 heteroatoms. The van der Waals surface area contributed by atoms with Crippen LogP contribution in [0.25, 0.3) is 56.4 Å². The normalized spacial score (nSPS) is 13.1. The van der Waals surface area contributed by atoms with E-state index in [1.807, 2.05) is 91.0 Å². The second-order valence-corrected chi connectivity index (χ2v) is 12.4. The number of benzene rings is 6. The Morgan fingerprint density at radius 1 is 0.383 bits per heavy atom. The molecule has 8 rings (SSSR count). The van der Waals surface area contributed by atoms with Crippen LogP contribution in [0.2, 0.25) is 0 Å². The first-order chi connectivity index (χ1) is 23.0. The molecule has 224 valence electrons. The highest BCUT2D eigenvalue weighted by Gasteiger charge is 2.36. The highest BCUT2D eigenvalue weighted by molar-refractivity contribution is 6.13. The van der Waals surface area contributed by atoms with Crippen molar-refractivity contribution in [3.63, 3.8) is 0 Å². The fourth-order valence-corrected chi connectivity index (χ4v) is 6.75. The van der Waals surface area contributed by atoms with Gasteiger partial charge in [0.05, 0.1) is 0 Å². The summed E-state index contributed by atoms with van der Waals surface area (Å²) in [5, 5.41) is 0. The van der Waals surface area contributed by atoms with Gasteiger partial charge >= 0.3 is 0 Å². The molecule has 0 amide bonds. The standard InChI is InChI=1S/C43H31N3O/c1-43(2)37-24-14-13-23-35(37)39(47)36-26-25-30(27-38(36)43)31-19-9-10-20-32(31)33-21-11-12-22-34(33)42-45-40(28-15-5-3-6-16-28)44-41(46-42)29-17-7-4-8-18-29/h3-27H,1-2H3. The maximum Gasteiger partial charge on any atom is 0.193 e. The summed E-state index contributed by atoms with van der Waals surface area (Å²) in [4.78, 5) is 28.5. The summed E-state index contributed by atoms with van der Waals surface area (Å²) < 4.78 is 0. The molecule has 0 radical (unpaired) electrons. The van der Waals surface area contributed by atoms with Crippen molar-refractivity contribution in [3.05, 3.63) is 174 Å². The van der Waals surface area contributed by atoms with Crippen molar-refractivity contribution in [2.24, 2.45) is 0 Å². The predicted molar refractivity (Wildman–Crippen MR) is 189 cm³/mol. The fourth-order valence-electron chi connectivity index (χ4n) is 6.75. The largest absolute Gasteiger partial charge is 0.289 e. The number of aromatic nitrogens is 3. The Kier molecular flexibility index (Phi) is 6.92. The SMILES string of the molecule is CC1(C)c2ccccc2C(=O)c2ccc(-c3ccccc3-c3ccccc3-c3nc(-c4ccccc4)nc(-c4ccccc4)n3)cc21. The maximum atomic E-state index is 13.6. The fraction of sp³-hybridized carbons (Fsp3) is 0.0698. The molecule has 1 aliphatic carbocycles. The zero-order valence-corrected chi connectivity index (χ0v) is 26.2. The summed E-state index contributed by atoms with van der Waals surface area (Å²) in [7, 11) is 0. The Hall–Kier alpha value is -6.00. The number of nitrogens with zero attached hydrogens (tertiary/aromatic N) is 3. The average molecular weight is 606 g/mol. The molecule has 0 fully saturated rings. The predicted octanol–water partition coefficient (Wildman–Crippen LogP) is 10.1. The molecule has 0 unspecified atom stereocenters. The summed E-state index contributed by atoms with van der Waals surface area (Å²) in [5.74, 6) is 1.94. The van der Waals surface area contributed by atoms with Gasteiger partial charge in [0.15, 0.2) is 23.3 Å². The average Bonchev–Trinajstić information content (AvgIpc) is 3.14. The van der Waals surface area contributed by atoms with E-state index in [4.69, 9.17) is 15.0 Å². The van der Waals surface area contributed by atoms with E-state index in [1.54, 1.807) is 0 Å². The van der Waals surface area contributed by atoms with Crippen LogP contribution in [0, 0.1) is 0 Å². The minimum absolute atomic E-state index is 0.0818. The van der Waals surface area contributed by atoms with Crippen molar-refractivity contribution >= 4 is 5.78 Å². The zero-order chi connectivity index (χ0) is 32.0. The van der Waals surface area contributed by atoms with Crippen molar-refractivity contribution in [3.8, 4) is 56.4 Å². The molecule has 0 N–H and O–H groups in total. The third kappa shape index (κ3) is 4.95. The molecule has 0 spiro atoms. The van der Waals surface area contributed by atoms with E-state index < -0.39 is 0 Å². The molecule has 47 heavy (non-hydrogen) atoms. The molecule has 0 atom stereocenters. The number of fused-ring (bicyclic) bond motifs is 2. The van der Waals surface area contributed by atoms with Gasteiger partial charge in [-0.3, -0.25) is 4.79 Å². The molecular formula is C43H31N3O. The molecule has 6 aromatic carbocycles. The highest BCUT2D eigenvalue weighted by Crippen LogP contribution is 2.44. The van der Waals surface area contributed by atoms with Crippen LogP contribution in [0.15, 0.2) is 152 Å². The third-order valence-electron chi connectivity index (χ3n) is 9.18. The van der Waals surface area contributed by atoms with E-state index in [9.17, 15) is 4.79 Å². The van der Waals surface area contributed by atoms with E-state index in [0.29, 0.717) is 17.5 Å². The van der Waals surface area contributed by atoms with Crippen LogP contribution in [-0.4, -0.2) is 20.7 Å². The van der Waals surface area contributed by atoms with Gasteiger partial charge in [0.25, 0.3) is 0 Å². The van der Waals surface area contributed by atoms with Gasteiger partial charge in [-0.2, -0.15) is 0 Å². The van der Waals surface area contributed by atoms with E-state index in [-0.39, 0.29) is 11.2 Å². The Bertz CT molecular complexity index is 2230. The summed E-state index contributed by atoms with van der Waals surface area (Å²) in [5.41, 5.74) is 10.3. The van der Waals surface area contributed by atoms with Crippen LogP contribution in [0.3, 0.4) is 0 Å². The van der Waals surface area contributed by atoms with Gasteiger partial charge in [0.2, 0.25) is 0 Å². The van der Waals surface area contributed by atoms with Crippen LogP contribution < -0.4 is 0 Å². The number of carbonyl (C=O) groups excluding carboxylic acids is 1. The molecular weight excluding hydrogens is 574 g/mol. The van der Waals surface area contributed by atoms with E-state index in [1.165, 1.54) is 0 Å². The monoisotopic (exact) mass is 605 g/mol. The Balaban J connectivity index is 1.29. The van der Waals surface area contributed by atoms with Gasteiger partial charge in [0.1, 0.15) is 0 Å². The van der Waals surface area contributed by atoms with Crippen molar-refractivity contribution in [1.82, 2.24) is 15.0 Å². The van der Waals surface area contributed by atoms with Crippen molar-refractivity contribution < 1.29 is 4.79 Å². The summed E-state index contributed by atoms with van der Waals surface area (Å²) in [6.07, 6.45) is 0. The van der Waals surface area contributed by atoms with E-state index >= 15 is 0 Å². The lowest BCUT2D eigenvalue weighted by atomic mass is 9.68. The van der Waals surface area contributed by atoms with Crippen LogP contribution in [0.5, 0.6) is 0 Å². The topological polar surface area (TPSA) is 55.7 Å². The molecule has 1 heterocycles. The molecule has 0 aliphatic heterocycles. The lowest BCUT2D eigenvalue weighted by Gasteiger charge is -2.34. The zero-order valence-electron chi connectivity index (χ0n) is 26.2. The second-order valence-electron chi connectivity index (χ2n) is 12.4. The number of rotatable bonds is 5. The molecule has 4 nitrogen and oxygen atoms in total. The first kappa shape index (κ1) is 28.5. The Morgan fingerprint density at radius 2 is 0.830 bits per heavy atom. The molecule has 0 bridgehead atoms. The van der Waals surface area contributed by atoms with Crippen molar-refractivity contribution in [2.75, 3.05) is 0 Å². The van der Waals surface area contributed by atoms with E-state index in [0.717, 1.165) is 61.2 Å². The smallest absolute Gasteiger partial charge is 0.193 e. The van der Waals surface area contributed by atoms with Crippen LogP contribution in [0.1, 0.15) is 40.9 Å². The minimum atomic E-state index is -0.324. The van der Waals surface area contributed by atoms with Gasteiger partial charge in [0, 0.05) is 33.2 Å². The van der Waals surface area contributed by atoms with Gasteiger partial charge < -0.3 is 0 Å². The van der Waals surface area contributed by atoms with Crippen LogP contribution in [0.4, 0.5) is 0 Å². The number of hydrogen-bond donors (Lipinski definition) is 0. The van der Waals surface area contributed by atoms with Gasteiger partial charge in [-0.1, -0.05) is 159 Å². The molecule has 0 saturated carbocycles. The van der Waals surface area contributed by atoms with Gasteiger partial charge in [-0.15, -0.1) is 0 Å². The Morgan fingerprint density at radius 3 is 1.45 bits per heavy atom. The lowest BCUT2D eigenvalue weighted by Crippen LogP contribution is -2.30. The second kappa shape index (κ2) is 11.4. The number of carbonyl (C=O) groups is 1. The summed E-state index contributed by atoms with van der Waals surface area (Å²) in [6, 6.07) is 51.0.